The van der Waals surface area contributed by atoms with Crippen LogP contribution in [0.2, 0.25) is 0 Å². The van der Waals surface area contributed by atoms with Gasteiger partial charge in [-0.3, -0.25) is 5.10 Å². The maximum atomic E-state index is 12.7. The van der Waals surface area contributed by atoms with E-state index in [1.807, 2.05) is 0 Å². The number of alkyl halides is 1. The fourth-order valence-electron chi connectivity index (χ4n) is 2.68. The highest BCUT2D eigenvalue weighted by Gasteiger charge is 2.33. The zero-order chi connectivity index (χ0) is 13.9. The topological polar surface area (TPSA) is 66.1 Å². The second-order valence-corrected chi connectivity index (χ2v) is 7.61. The Morgan fingerprint density at radius 1 is 1.42 bits per heavy atom. The lowest BCUT2D eigenvalue weighted by Crippen LogP contribution is -2.42. The first-order valence-corrected chi connectivity index (χ1v) is 9.21. The Hall–Kier alpha value is -0.400. The van der Waals surface area contributed by atoms with E-state index in [2.05, 4.69) is 26.1 Å². The Balaban J connectivity index is 2.29. The van der Waals surface area contributed by atoms with E-state index in [1.165, 1.54) is 12.6 Å². The smallest absolute Gasteiger partial charge is 0.246 e. The van der Waals surface area contributed by atoms with Crippen molar-refractivity contribution in [1.82, 2.24) is 14.5 Å². The first-order chi connectivity index (χ1) is 9.07. The van der Waals surface area contributed by atoms with Gasteiger partial charge in [0.05, 0.1) is 11.9 Å². The monoisotopic (exact) mass is 349 g/mol. The highest BCUT2D eigenvalue weighted by Crippen LogP contribution is 2.28. The molecule has 0 radical (unpaired) electrons. The van der Waals surface area contributed by atoms with E-state index in [0.29, 0.717) is 22.5 Å². The normalized spacial score (nSPS) is 18.1. The number of nitrogens with zero attached hydrogens (tertiary/aromatic N) is 2. The summed E-state index contributed by atoms with van der Waals surface area (Å²) < 4.78 is 27.1. The second kappa shape index (κ2) is 6.37. The van der Waals surface area contributed by atoms with Crippen molar-refractivity contribution in [3.63, 3.8) is 0 Å². The third-order valence-electron chi connectivity index (χ3n) is 3.66. The molecule has 0 bridgehead atoms. The zero-order valence-corrected chi connectivity index (χ0v) is 13.5. The average molecular weight is 350 g/mol. The largest absolute Gasteiger partial charge is 0.281 e. The average Bonchev–Trinajstić information content (AvgIpc) is 2.84. The van der Waals surface area contributed by atoms with Crippen molar-refractivity contribution in [3.8, 4) is 0 Å². The van der Waals surface area contributed by atoms with Crippen molar-refractivity contribution in [2.24, 2.45) is 0 Å². The van der Waals surface area contributed by atoms with Gasteiger partial charge in [-0.1, -0.05) is 35.2 Å². The zero-order valence-electron chi connectivity index (χ0n) is 11.1. The van der Waals surface area contributed by atoms with E-state index in [-0.39, 0.29) is 6.04 Å². The lowest BCUT2D eigenvalue weighted by Gasteiger charge is -2.32. The number of hydrogen-bond donors (Lipinski definition) is 1. The third kappa shape index (κ3) is 3.20. The number of aromatic nitrogens is 2. The molecule has 1 N–H and O–H groups in total. The number of sulfonamides is 1. The quantitative estimate of drug-likeness (QED) is 0.830. The molecular formula is C12H20BrN3O2S. The molecule has 1 heterocycles. The second-order valence-electron chi connectivity index (χ2n) is 4.96. The fraction of sp³-hybridized carbons (Fsp3) is 0.750. The SMILES string of the molecule is Cc1[nH]ncc1S(=O)(=O)N(CCBr)C1CCCCC1. The highest BCUT2D eigenvalue weighted by molar-refractivity contribution is 9.09. The van der Waals surface area contributed by atoms with Crippen LogP contribution in [-0.4, -0.2) is 40.8 Å². The van der Waals surface area contributed by atoms with Crippen LogP contribution in [0.25, 0.3) is 0 Å². The van der Waals surface area contributed by atoms with Crippen LogP contribution in [0.15, 0.2) is 11.1 Å². The predicted octanol–water partition coefficient (Wildman–Crippen LogP) is 2.44. The van der Waals surface area contributed by atoms with Crippen LogP contribution in [0, 0.1) is 6.92 Å². The maximum Gasteiger partial charge on any atom is 0.246 e. The van der Waals surface area contributed by atoms with E-state index in [4.69, 9.17) is 0 Å². The standard InChI is InChI=1S/C12H20BrN3O2S/c1-10-12(9-14-15-10)19(17,18)16(8-7-13)11-5-3-2-4-6-11/h9,11H,2-8H2,1H3,(H,14,15). The van der Waals surface area contributed by atoms with Gasteiger partial charge in [0, 0.05) is 17.9 Å². The lowest BCUT2D eigenvalue weighted by atomic mass is 9.95. The van der Waals surface area contributed by atoms with Crippen LogP contribution in [0.5, 0.6) is 0 Å². The molecule has 2 rings (SSSR count). The molecule has 1 fully saturated rings. The molecular weight excluding hydrogens is 330 g/mol. The number of hydrogen-bond acceptors (Lipinski definition) is 3. The summed E-state index contributed by atoms with van der Waals surface area (Å²) in [5.74, 6) is 0. The maximum absolute atomic E-state index is 12.7. The van der Waals surface area contributed by atoms with Crippen molar-refractivity contribution < 1.29 is 8.42 Å². The van der Waals surface area contributed by atoms with Crippen molar-refractivity contribution in [2.45, 2.75) is 50.0 Å². The van der Waals surface area contributed by atoms with Crippen molar-refractivity contribution in [1.29, 1.82) is 0 Å². The van der Waals surface area contributed by atoms with Crippen molar-refractivity contribution in [2.75, 3.05) is 11.9 Å². The molecule has 0 unspecified atom stereocenters. The van der Waals surface area contributed by atoms with Gasteiger partial charge in [-0.25, -0.2) is 8.42 Å². The number of aryl methyl sites for hydroxylation is 1. The lowest BCUT2D eigenvalue weighted by molar-refractivity contribution is 0.263. The molecule has 0 amide bonds. The molecule has 0 aromatic carbocycles. The number of rotatable bonds is 5. The van der Waals surface area contributed by atoms with Gasteiger partial charge in [0.2, 0.25) is 10.0 Å². The van der Waals surface area contributed by atoms with Gasteiger partial charge in [0.25, 0.3) is 0 Å². The molecule has 1 aromatic heterocycles. The predicted molar refractivity (Wildman–Crippen MR) is 77.9 cm³/mol. The highest BCUT2D eigenvalue weighted by atomic mass is 79.9. The minimum atomic E-state index is -3.44. The Labute approximate surface area is 122 Å². The summed E-state index contributed by atoms with van der Waals surface area (Å²) in [7, 11) is -3.44. The summed E-state index contributed by atoms with van der Waals surface area (Å²) in [4.78, 5) is 0.305. The molecule has 7 heteroatoms. The van der Waals surface area contributed by atoms with Gasteiger partial charge in [0.15, 0.2) is 0 Å². The van der Waals surface area contributed by atoms with Gasteiger partial charge in [-0.05, 0) is 19.8 Å². The van der Waals surface area contributed by atoms with Crippen LogP contribution in [0.1, 0.15) is 37.8 Å². The molecule has 1 aliphatic rings. The van der Waals surface area contributed by atoms with Gasteiger partial charge >= 0.3 is 0 Å². The van der Waals surface area contributed by atoms with Crippen LogP contribution in [0.4, 0.5) is 0 Å². The molecule has 0 atom stereocenters. The summed E-state index contributed by atoms with van der Waals surface area (Å²) in [6.07, 6.45) is 6.77. The van der Waals surface area contributed by atoms with E-state index in [9.17, 15) is 8.42 Å². The Kier molecular flexibility index (Phi) is 5.03. The summed E-state index contributed by atoms with van der Waals surface area (Å²) >= 11 is 3.36. The first-order valence-electron chi connectivity index (χ1n) is 6.65. The van der Waals surface area contributed by atoms with E-state index in [1.54, 1.807) is 11.2 Å². The minimum Gasteiger partial charge on any atom is -0.281 e. The third-order valence-corrected chi connectivity index (χ3v) is 6.08. The van der Waals surface area contributed by atoms with Gasteiger partial charge in [-0.2, -0.15) is 9.40 Å². The minimum absolute atomic E-state index is 0.130. The molecule has 1 aromatic rings. The van der Waals surface area contributed by atoms with Crippen LogP contribution in [0.3, 0.4) is 0 Å². The van der Waals surface area contributed by atoms with Gasteiger partial charge in [-0.15, -0.1) is 0 Å². The van der Waals surface area contributed by atoms with Crippen molar-refractivity contribution >= 4 is 26.0 Å². The molecule has 5 nitrogen and oxygen atoms in total. The molecule has 1 aliphatic carbocycles. The van der Waals surface area contributed by atoms with E-state index in [0.717, 1.165) is 25.7 Å². The molecule has 1 saturated carbocycles. The number of H-pyrrole nitrogens is 1. The Bertz CT molecular complexity index is 509. The molecule has 0 spiro atoms. The Morgan fingerprint density at radius 2 is 2.11 bits per heavy atom. The molecule has 0 saturated heterocycles. The number of aromatic amines is 1. The van der Waals surface area contributed by atoms with E-state index >= 15 is 0 Å². The van der Waals surface area contributed by atoms with Crippen molar-refractivity contribution in [3.05, 3.63) is 11.9 Å². The number of halogens is 1. The van der Waals surface area contributed by atoms with E-state index < -0.39 is 10.0 Å². The summed E-state index contributed by atoms with van der Waals surface area (Å²) in [6, 6.07) is 0.130. The molecule has 0 aliphatic heterocycles. The first kappa shape index (κ1) is 15.0. The molecule has 19 heavy (non-hydrogen) atoms. The summed E-state index contributed by atoms with van der Waals surface area (Å²) in [5, 5.41) is 7.19. The van der Waals surface area contributed by atoms with Crippen LogP contribution < -0.4 is 0 Å². The fourth-order valence-corrected chi connectivity index (χ4v) is 5.10. The van der Waals surface area contributed by atoms with Crippen LogP contribution in [-0.2, 0) is 10.0 Å². The van der Waals surface area contributed by atoms with Gasteiger partial charge in [0.1, 0.15) is 4.90 Å². The summed E-state index contributed by atoms with van der Waals surface area (Å²) in [6.45, 7) is 2.25. The molecule has 108 valence electrons. The van der Waals surface area contributed by atoms with Crippen LogP contribution >= 0.6 is 15.9 Å². The summed E-state index contributed by atoms with van der Waals surface area (Å²) in [5.41, 5.74) is 0.607. The Morgan fingerprint density at radius 3 is 2.63 bits per heavy atom. The van der Waals surface area contributed by atoms with Gasteiger partial charge < -0.3 is 0 Å². The number of nitrogens with one attached hydrogen (secondary N) is 1.